The van der Waals surface area contributed by atoms with Gasteiger partial charge in [0.1, 0.15) is 5.65 Å². The molecule has 2 heterocycles. The minimum absolute atomic E-state index is 0.0201. The minimum Gasteiger partial charge on any atom is -0.349 e. The summed E-state index contributed by atoms with van der Waals surface area (Å²) in [6.45, 7) is 2.22. The number of para-hydroxylation sites is 2. The molecule has 2 atom stereocenters. The summed E-state index contributed by atoms with van der Waals surface area (Å²) in [6, 6.07) is 13.9. The number of hydrogen-bond donors (Lipinski definition) is 2. The van der Waals surface area contributed by atoms with Crippen molar-refractivity contribution in [2.75, 3.05) is 0 Å². The molecule has 1 amide bonds. The number of rotatable bonds is 2. The fraction of sp³-hybridized carbons (Fsp3) is 0.318. The van der Waals surface area contributed by atoms with Gasteiger partial charge in [-0.15, -0.1) is 0 Å². The van der Waals surface area contributed by atoms with Crippen molar-refractivity contribution in [2.45, 2.75) is 38.6 Å². The molecule has 1 aliphatic rings. The molecule has 0 bridgehead atoms. The molecule has 2 aromatic carbocycles. The van der Waals surface area contributed by atoms with E-state index in [0.717, 1.165) is 34.0 Å². The average molecular weight is 391 g/mol. The Balaban J connectivity index is 1.57. The molecule has 0 aliphatic heterocycles. The zero-order chi connectivity index (χ0) is 19.3. The maximum absolute atomic E-state index is 12.8. The maximum Gasteiger partial charge on any atom is 0.251 e. The Morgan fingerprint density at radius 2 is 2.04 bits per heavy atom. The summed E-state index contributed by atoms with van der Waals surface area (Å²) in [5.41, 5.74) is 4.18. The molecule has 0 saturated heterocycles. The van der Waals surface area contributed by atoms with E-state index in [9.17, 15) is 4.79 Å². The topological polar surface area (TPSA) is 62.2 Å². The normalized spacial score (nSPS) is 20.0. The average Bonchev–Trinajstić information content (AvgIpc) is 3.10. The van der Waals surface area contributed by atoms with Crippen LogP contribution in [0.4, 0.5) is 0 Å². The number of aromatic amines is 1. The highest BCUT2D eigenvalue weighted by Gasteiger charge is 2.23. The Morgan fingerprint density at radius 1 is 1.21 bits per heavy atom. The van der Waals surface area contributed by atoms with Gasteiger partial charge in [0.2, 0.25) is 0 Å². The summed E-state index contributed by atoms with van der Waals surface area (Å²) in [6.07, 6.45) is 4.69. The van der Waals surface area contributed by atoms with Crippen LogP contribution >= 0.6 is 12.2 Å². The van der Waals surface area contributed by atoms with Gasteiger partial charge in [0.15, 0.2) is 4.77 Å². The molecular weight excluding hydrogens is 368 g/mol. The molecular formula is C22H22N4OS. The van der Waals surface area contributed by atoms with E-state index in [-0.39, 0.29) is 11.9 Å². The predicted molar refractivity (Wildman–Crippen MR) is 114 cm³/mol. The molecule has 0 spiro atoms. The van der Waals surface area contributed by atoms with Crippen LogP contribution in [0.2, 0.25) is 0 Å². The molecule has 5 nitrogen and oxygen atoms in total. The monoisotopic (exact) mass is 390 g/mol. The van der Waals surface area contributed by atoms with E-state index in [1.54, 1.807) is 0 Å². The van der Waals surface area contributed by atoms with Crippen LogP contribution in [0, 0.1) is 10.7 Å². The van der Waals surface area contributed by atoms with Gasteiger partial charge in [-0.2, -0.15) is 0 Å². The van der Waals surface area contributed by atoms with Crippen molar-refractivity contribution in [2.24, 2.45) is 5.92 Å². The first-order valence-corrected chi connectivity index (χ1v) is 10.3. The number of aromatic nitrogens is 3. The highest BCUT2D eigenvalue weighted by Crippen LogP contribution is 2.26. The van der Waals surface area contributed by atoms with Gasteiger partial charge in [-0.3, -0.25) is 9.20 Å². The first kappa shape index (κ1) is 17.4. The van der Waals surface area contributed by atoms with Gasteiger partial charge < -0.3 is 10.3 Å². The molecule has 0 radical (unpaired) electrons. The molecule has 28 heavy (non-hydrogen) atoms. The number of carbonyl (C=O) groups is 1. The lowest BCUT2D eigenvalue weighted by Gasteiger charge is -2.29. The first-order chi connectivity index (χ1) is 13.6. The van der Waals surface area contributed by atoms with Crippen molar-refractivity contribution >= 4 is 45.7 Å². The fourth-order valence-corrected chi connectivity index (χ4v) is 4.64. The van der Waals surface area contributed by atoms with Crippen LogP contribution in [0.15, 0.2) is 42.5 Å². The summed E-state index contributed by atoms with van der Waals surface area (Å²) in [5, 5.41) is 4.17. The van der Waals surface area contributed by atoms with Crippen molar-refractivity contribution in [3.05, 3.63) is 52.8 Å². The van der Waals surface area contributed by atoms with Gasteiger partial charge in [-0.25, -0.2) is 4.98 Å². The second kappa shape index (κ2) is 6.71. The quantitative estimate of drug-likeness (QED) is 0.473. The minimum atomic E-state index is -0.0201. The van der Waals surface area contributed by atoms with Crippen LogP contribution in [-0.4, -0.2) is 26.3 Å². The first-order valence-electron chi connectivity index (χ1n) is 9.86. The smallest absolute Gasteiger partial charge is 0.251 e. The Bertz CT molecular complexity index is 1270. The number of carbonyl (C=O) groups excluding carboxylic acids is 1. The van der Waals surface area contributed by atoms with Crippen molar-refractivity contribution in [3.8, 4) is 0 Å². The molecule has 5 rings (SSSR count). The second-order valence-electron chi connectivity index (χ2n) is 7.79. The van der Waals surface area contributed by atoms with Crippen molar-refractivity contribution in [1.29, 1.82) is 0 Å². The third kappa shape index (κ3) is 2.79. The summed E-state index contributed by atoms with van der Waals surface area (Å²) < 4.78 is 2.53. The lowest BCUT2D eigenvalue weighted by molar-refractivity contribution is 0.0910. The van der Waals surface area contributed by atoms with Gasteiger partial charge in [0.25, 0.3) is 5.91 Å². The van der Waals surface area contributed by atoms with Crippen molar-refractivity contribution in [3.63, 3.8) is 0 Å². The van der Waals surface area contributed by atoms with E-state index in [2.05, 4.69) is 17.2 Å². The van der Waals surface area contributed by atoms with E-state index in [1.807, 2.05) is 46.9 Å². The Labute approximate surface area is 167 Å². The van der Waals surface area contributed by atoms with Gasteiger partial charge >= 0.3 is 0 Å². The summed E-state index contributed by atoms with van der Waals surface area (Å²) in [7, 11) is 0. The van der Waals surface area contributed by atoms with Crippen LogP contribution in [0.3, 0.4) is 0 Å². The second-order valence-corrected chi connectivity index (χ2v) is 8.18. The van der Waals surface area contributed by atoms with Crippen molar-refractivity contribution in [1.82, 2.24) is 19.7 Å². The summed E-state index contributed by atoms with van der Waals surface area (Å²) in [5.74, 6) is 0.509. The lowest BCUT2D eigenvalue weighted by Crippen LogP contribution is -2.41. The van der Waals surface area contributed by atoms with Crippen LogP contribution in [0.5, 0.6) is 0 Å². The molecule has 2 aromatic heterocycles. The molecule has 6 heteroatoms. The predicted octanol–water partition coefficient (Wildman–Crippen LogP) is 5.01. The summed E-state index contributed by atoms with van der Waals surface area (Å²) >= 11 is 5.58. The highest BCUT2D eigenvalue weighted by molar-refractivity contribution is 7.71. The standard InChI is InChI=1S/C22H22N4OS/c1-13-6-2-3-7-16(13)24-21(27)14-10-11-15-18(12-14)25-22(28)26-19-9-5-4-8-17(19)23-20(15)26/h4-5,8-13,16H,2-3,6-7H2,1H3,(H,24,27)(H,25,28)/t13-,16+/m1/s1. The van der Waals surface area contributed by atoms with E-state index in [1.165, 1.54) is 19.3 Å². The number of nitrogens with zero attached hydrogens (tertiary/aromatic N) is 2. The van der Waals surface area contributed by atoms with E-state index in [4.69, 9.17) is 17.2 Å². The van der Waals surface area contributed by atoms with Gasteiger partial charge in [0.05, 0.1) is 16.6 Å². The third-order valence-corrected chi connectivity index (χ3v) is 6.24. The van der Waals surface area contributed by atoms with Crippen LogP contribution in [0.1, 0.15) is 43.0 Å². The molecule has 0 unspecified atom stereocenters. The van der Waals surface area contributed by atoms with Gasteiger partial charge in [-0.1, -0.05) is 31.9 Å². The SMILES string of the molecule is C[C@@H]1CCCC[C@@H]1NC(=O)c1ccc2c(c1)[nH]c(=S)n1c3ccccc3nc21. The highest BCUT2D eigenvalue weighted by atomic mass is 32.1. The van der Waals surface area contributed by atoms with E-state index in [0.29, 0.717) is 16.3 Å². The number of imidazole rings is 1. The molecule has 4 aromatic rings. The van der Waals surface area contributed by atoms with Crippen LogP contribution in [-0.2, 0) is 0 Å². The van der Waals surface area contributed by atoms with Crippen LogP contribution in [0.25, 0.3) is 27.6 Å². The van der Waals surface area contributed by atoms with Gasteiger partial charge in [-0.05, 0) is 61.3 Å². The Morgan fingerprint density at radius 3 is 2.89 bits per heavy atom. The van der Waals surface area contributed by atoms with Crippen molar-refractivity contribution < 1.29 is 4.79 Å². The number of nitrogens with one attached hydrogen (secondary N) is 2. The van der Waals surface area contributed by atoms with E-state index >= 15 is 0 Å². The number of hydrogen-bond acceptors (Lipinski definition) is 3. The molecule has 142 valence electrons. The lowest BCUT2D eigenvalue weighted by atomic mass is 9.86. The van der Waals surface area contributed by atoms with E-state index < -0.39 is 0 Å². The summed E-state index contributed by atoms with van der Waals surface area (Å²) in [4.78, 5) is 20.9. The number of fused-ring (bicyclic) bond motifs is 5. The molecule has 1 fully saturated rings. The molecule has 1 saturated carbocycles. The molecule has 1 aliphatic carbocycles. The van der Waals surface area contributed by atoms with Crippen LogP contribution < -0.4 is 5.32 Å². The zero-order valence-corrected chi connectivity index (χ0v) is 16.6. The van der Waals surface area contributed by atoms with Gasteiger partial charge in [0, 0.05) is 17.0 Å². The number of benzene rings is 2. The Kier molecular flexibility index (Phi) is 4.16. The largest absolute Gasteiger partial charge is 0.349 e. The maximum atomic E-state index is 12.8. The molecule has 2 N–H and O–H groups in total. The number of amides is 1. The third-order valence-electron chi connectivity index (χ3n) is 5.96. The zero-order valence-electron chi connectivity index (χ0n) is 15.7. The number of H-pyrrole nitrogens is 1. The Hall–Kier alpha value is -2.73. The fourth-order valence-electron chi connectivity index (χ4n) is 4.35.